The summed E-state index contributed by atoms with van der Waals surface area (Å²) in [5, 5.41) is 0.708. The molecule has 10 aromatic carbocycles. The first-order valence-electron chi connectivity index (χ1n) is 48.8. The van der Waals surface area contributed by atoms with Gasteiger partial charge in [-0.3, -0.25) is 39.0 Å². The number of carbonyl (C=O) groups is 3. The van der Waals surface area contributed by atoms with E-state index >= 15 is 0 Å². The van der Waals surface area contributed by atoms with E-state index in [1.807, 2.05) is 187 Å². The summed E-state index contributed by atoms with van der Waals surface area (Å²) in [6.45, 7) is 16.7. The Morgan fingerprint density at radius 1 is 0.312 bits per heavy atom. The third kappa shape index (κ3) is 22.0. The van der Waals surface area contributed by atoms with E-state index in [-0.39, 0.29) is 29.1 Å². The molecule has 25 heteroatoms. The lowest BCUT2D eigenvalue weighted by Gasteiger charge is -2.34. The van der Waals surface area contributed by atoms with Crippen molar-refractivity contribution in [2.24, 2.45) is 0 Å². The highest BCUT2D eigenvalue weighted by atomic mass is 35.5. The van der Waals surface area contributed by atoms with Gasteiger partial charge in [-0.05, 0) is 209 Å². The lowest BCUT2D eigenvalue weighted by Crippen LogP contribution is -2.48. The van der Waals surface area contributed by atoms with Crippen LogP contribution in [0, 0.1) is 18.6 Å². The van der Waals surface area contributed by atoms with Gasteiger partial charge in [-0.15, -0.1) is 0 Å². The highest BCUT2D eigenvalue weighted by molar-refractivity contribution is 6.30. The number of imidazole rings is 4. The van der Waals surface area contributed by atoms with Crippen molar-refractivity contribution in [1.29, 1.82) is 0 Å². The maximum atomic E-state index is 14.2. The zero-order chi connectivity index (χ0) is 98.4. The molecule has 0 radical (unpaired) electrons. The minimum atomic E-state index is -0.479. The zero-order valence-corrected chi connectivity index (χ0v) is 81.3. The summed E-state index contributed by atoms with van der Waals surface area (Å²) < 4.78 is 52.9. The number of hydrogen-bond donors (Lipinski definition) is 0. The molecule has 722 valence electrons. The number of pyridine rings is 5. The molecule has 19 aromatic rings. The molecule has 13 heterocycles. The normalized spacial score (nSPS) is 14.3. The van der Waals surface area contributed by atoms with Gasteiger partial charge in [0.05, 0.1) is 78.5 Å². The number of piperazine rings is 3. The molecule has 9 aromatic heterocycles. The number of nitrogens with zero attached hydrogens (tertiary/aromatic N) is 16. The molecule has 4 fully saturated rings. The molecule has 0 bridgehead atoms. The number of benzene rings is 10. The van der Waals surface area contributed by atoms with E-state index in [0.717, 1.165) is 201 Å². The number of ether oxygens (including phenoxy) is 3. The van der Waals surface area contributed by atoms with Gasteiger partial charge in [-0.1, -0.05) is 187 Å². The third-order valence-electron chi connectivity index (χ3n) is 27.1. The van der Waals surface area contributed by atoms with Crippen LogP contribution in [0.15, 0.2) is 365 Å². The monoisotopic (exact) mass is 1930 g/mol. The maximum Gasteiger partial charge on any atom is 0.256 e. The molecule has 0 aliphatic carbocycles. The molecule has 144 heavy (non-hydrogen) atoms. The summed E-state index contributed by atoms with van der Waals surface area (Å²) in [6.07, 6.45) is 12.3. The van der Waals surface area contributed by atoms with Crippen molar-refractivity contribution in [2.75, 3.05) is 119 Å². The van der Waals surface area contributed by atoms with E-state index in [1.165, 1.54) is 40.6 Å². The van der Waals surface area contributed by atoms with Crippen molar-refractivity contribution in [2.45, 2.75) is 33.1 Å². The van der Waals surface area contributed by atoms with Crippen LogP contribution in [0.4, 0.5) is 8.78 Å². The van der Waals surface area contributed by atoms with Gasteiger partial charge >= 0.3 is 0 Å². The minimum Gasteiger partial charge on any atom is -0.497 e. The Morgan fingerprint density at radius 3 is 1.02 bits per heavy atom. The van der Waals surface area contributed by atoms with Crippen LogP contribution in [0.1, 0.15) is 59.4 Å². The summed E-state index contributed by atoms with van der Waals surface area (Å²) in [5.74, 6) is 0.644. The van der Waals surface area contributed by atoms with Gasteiger partial charge in [0.2, 0.25) is 0 Å². The van der Waals surface area contributed by atoms with Gasteiger partial charge in [-0.25, -0.2) is 28.7 Å². The van der Waals surface area contributed by atoms with E-state index in [2.05, 4.69) is 188 Å². The molecular formula is C119H109ClF2N16O6. The van der Waals surface area contributed by atoms with Crippen LogP contribution < -0.4 is 9.47 Å². The van der Waals surface area contributed by atoms with Gasteiger partial charge in [0, 0.05) is 193 Å². The molecule has 0 atom stereocenters. The smallest absolute Gasteiger partial charge is 0.256 e. The van der Waals surface area contributed by atoms with Gasteiger partial charge in [-0.2, -0.15) is 0 Å². The molecule has 0 unspecified atom stereocenters. The van der Waals surface area contributed by atoms with Crippen LogP contribution in [0.25, 0.3) is 112 Å². The van der Waals surface area contributed by atoms with E-state index < -0.39 is 5.82 Å². The maximum absolute atomic E-state index is 14.2. The number of rotatable bonds is 21. The molecule has 3 amide bonds. The third-order valence-corrected chi connectivity index (χ3v) is 27.4. The molecule has 23 rings (SSSR count). The number of morpholine rings is 1. The quantitative estimate of drug-likeness (QED) is 0.0661. The summed E-state index contributed by atoms with van der Waals surface area (Å²) >= 11 is 6.19. The van der Waals surface area contributed by atoms with Crippen molar-refractivity contribution in [3.05, 3.63) is 426 Å². The molecule has 0 saturated carbocycles. The fourth-order valence-electron chi connectivity index (χ4n) is 19.1. The van der Waals surface area contributed by atoms with Crippen LogP contribution in [-0.2, 0) is 30.9 Å². The first-order chi connectivity index (χ1) is 70.6. The fourth-order valence-corrected chi connectivity index (χ4v) is 19.3. The molecular weight excluding hydrogens is 1820 g/mol. The number of aryl methyl sites for hydroxylation is 1. The number of fused-ring (bicyclic) bond motifs is 4. The Morgan fingerprint density at radius 2 is 0.639 bits per heavy atom. The van der Waals surface area contributed by atoms with E-state index in [0.29, 0.717) is 76.0 Å². The van der Waals surface area contributed by atoms with Gasteiger partial charge in [0.15, 0.2) is 0 Å². The molecule has 0 N–H and O–H groups in total. The lowest BCUT2D eigenvalue weighted by atomic mass is 10.1. The zero-order valence-electron chi connectivity index (χ0n) is 80.5. The number of methoxy groups -OCH3 is 2. The highest BCUT2D eigenvalue weighted by Crippen LogP contribution is 2.37. The molecule has 22 nitrogen and oxygen atoms in total. The second kappa shape index (κ2) is 44.5. The minimum absolute atomic E-state index is 0.0339. The number of carbonyl (C=O) groups excluding carboxylic acids is 3. The van der Waals surface area contributed by atoms with Crippen LogP contribution in [0.3, 0.4) is 0 Å². The first-order valence-corrected chi connectivity index (χ1v) is 49.1. The standard InChI is InChI=1S/C32H29ClN4O.2C32H29FN4O2.C23H22N4O/c1-23-7-9-26(10-8-23)32(38)36-19-17-35(18-20-36)22-29-31(25-11-14-28(33)15-12-25)34-30-16-13-27(21-37(29)30)24-5-3-2-4-6-24;1-39-26-11-7-10-24(20-26)31-29(37-21-25(14-15-30(37)34-31)23-8-3-2-4-9-23)22-35-16-18-36(19-17-35)32(38)27-12-5-6-13-28(27)33;1-39-28-14-9-25(10-15-28)32(38)36-19-17-35(18-20-36)22-29-31(24-7-12-27(33)13-8-24)34-30-16-11-26(21-37(29)30)23-5-3-2-4-6-23;1-2-4-18(5-3-1)20-6-7-22-25-23(19-8-10-24-11-9-19)21(27(22)16-20)17-26-12-14-28-15-13-26/h2-16,21H,17-20,22H2,1H3;2-15,20-21H,16-19,22H2,1H3;2-16,21H,17-20,22H2,1H3;1-11,16H,12-15,17H2. The molecule has 4 aliphatic rings. The number of hydrogen-bond acceptors (Lipinski definition) is 15. The number of halogens is 3. The van der Waals surface area contributed by atoms with Crippen LogP contribution in [0.2, 0.25) is 5.02 Å². The Hall–Kier alpha value is -15.9. The largest absolute Gasteiger partial charge is 0.497 e. The molecule has 4 saturated heterocycles. The van der Waals surface area contributed by atoms with Crippen molar-refractivity contribution in [1.82, 2.24) is 76.8 Å². The SMILES string of the molecule is COc1ccc(C(=O)N2CCN(Cc3c(-c4ccc(F)cc4)nc4ccc(-c5ccccc5)cn34)CC2)cc1.COc1cccc(-c2nc3ccc(-c4ccccc4)cn3c2CN2CCN(C(=O)c3ccccc3F)CC2)c1.Cc1ccc(C(=O)N2CCN(Cc3c(-c4ccc(Cl)cc4)nc4ccc(-c5ccccc5)cn34)CC2)cc1.c1ccc(-c2ccc3nc(-c4ccncc4)c(CN4CCOCC4)n3c2)cc1. The van der Waals surface area contributed by atoms with Crippen molar-refractivity contribution in [3.8, 4) is 101 Å². The highest BCUT2D eigenvalue weighted by Gasteiger charge is 2.31. The molecule has 4 aliphatic heterocycles. The van der Waals surface area contributed by atoms with Gasteiger partial charge in [0.1, 0.15) is 45.7 Å². The van der Waals surface area contributed by atoms with E-state index in [4.69, 9.17) is 45.7 Å². The van der Waals surface area contributed by atoms with Crippen LogP contribution in [0.5, 0.6) is 11.5 Å². The van der Waals surface area contributed by atoms with Crippen molar-refractivity contribution in [3.63, 3.8) is 0 Å². The fraction of sp³-hybridized carbons (Fsp3) is 0.193. The Bertz CT molecular complexity index is 7660. The Labute approximate surface area is 840 Å². The summed E-state index contributed by atoms with van der Waals surface area (Å²) in [7, 11) is 3.28. The van der Waals surface area contributed by atoms with E-state index in [9.17, 15) is 23.2 Å². The lowest BCUT2D eigenvalue weighted by molar-refractivity contribution is 0.0336. The van der Waals surface area contributed by atoms with Crippen molar-refractivity contribution < 1.29 is 37.4 Å². The van der Waals surface area contributed by atoms with Crippen LogP contribution in [-0.4, -0.2) is 214 Å². The number of aromatic nitrogens is 9. The number of amides is 3. The molecule has 0 spiro atoms. The average molecular weight is 1930 g/mol. The summed E-state index contributed by atoms with van der Waals surface area (Å²) in [6, 6.07) is 106. The van der Waals surface area contributed by atoms with Crippen LogP contribution >= 0.6 is 11.6 Å². The first kappa shape index (κ1) is 95.6. The van der Waals surface area contributed by atoms with E-state index in [1.54, 1.807) is 49.5 Å². The second-order valence-electron chi connectivity index (χ2n) is 36.3. The Kier molecular flexibility index (Phi) is 29.5. The second-order valence-corrected chi connectivity index (χ2v) is 36.8. The van der Waals surface area contributed by atoms with Crippen molar-refractivity contribution >= 4 is 51.9 Å². The predicted octanol–water partition coefficient (Wildman–Crippen LogP) is 22.0. The topological polar surface area (TPSA) is 184 Å². The van der Waals surface area contributed by atoms with Gasteiger partial charge in [0.25, 0.3) is 17.7 Å². The Balaban J connectivity index is 0.000000118. The predicted molar refractivity (Wildman–Crippen MR) is 564 cm³/mol. The summed E-state index contributed by atoms with van der Waals surface area (Å²) in [5.41, 5.74) is 27.7. The van der Waals surface area contributed by atoms with Gasteiger partial charge < -0.3 is 46.5 Å². The summed E-state index contributed by atoms with van der Waals surface area (Å²) in [4.78, 5) is 78.3. The average Bonchev–Trinajstić information content (AvgIpc) is 1.64.